The Hall–Kier alpha value is -2.97. The molecule has 1 atom stereocenters. The number of hydrogen-bond donors (Lipinski definition) is 0. The van der Waals surface area contributed by atoms with Crippen molar-refractivity contribution in [3.63, 3.8) is 0 Å². The van der Waals surface area contributed by atoms with Gasteiger partial charge >= 0.3 is 0 Å². The molecule has 0 saturated carbocycles. The molecule has 4 rings (SSSR count). The van der Waals surface area contributed by atoms with Crippen molar-refractivity contribution < 1.29 is 9.21 Å². The van der Waals surface area contributed by atoms with Crippen LogP contribution in [0.2, 0.25) is 0 Å². The predicted octanol–water partition coefficient (Wildman–Crippen LogP) is 1.63. The maximum atomic E-state index is 12.9. The number of piperidine rings is 1. The molecule has 1 saturated heterocycles. The summed E-state index contributed by atoms with van der Waals surface area (Å²) >= 11 is 0. The van der Waals surface area contributed by atoms with E-state index < -0.39 is 0 Å². The van der Waals surface area contributed by atoms with Gasteiger partial charge in [-0.15, -0.1) is 10.2 Å². The summed E-state index contributed by atoms with van der Waals surface area (Å²) in [6.07, 6.45) is 9.32. The van der Waals surface area contributed by atoms with Gasteiger partial charge in [0.05, 0.1) is 12.9 Å². The van der Waals surface area contributed by atoms with Gasteiger partial charge in [-0.25, -0.2) is 9.97 Å². The SMILES string of the molecule is CCc1ocnc1C(=O)N1CCC[C@H](c2nnc(Cn3ccnc3)n2C)C1. The van der Waals surface area contributed by atoms with E-state index in [9.17, 15) is 4.79 Å². The Morgan fingerprint density at radius 3 is 3.04 bits per heavy atom. The van der Waals surface area contributed by atoms with Gasteiger partial charge in [-0.3, -0.25) is 4.79 Å². The van der Waals surface area contributed by atoms with Crippen molar-refractivity contribution in [3.8, 4) is 0 Å². The second-order valence-corrected chi connectivity index (χ2v) is 6.84. The van der Waals surface area contributed by atoms with Crippen molar-refractivity contribution in [2.24, 2.45) is 7.05 Å². The molecule has 0 aliphatic carbocycles. The van der Waals surface area contributed by atoms with Crippen LogP contribution in [0.3, 0.4) is 0 Å². The third-order valence-corrected chi connectivity index (χ3v) is 5.12. The van der Waals surface area contributed by atoms with E-state index in [0.717, 1.165) is 31.0 Å². The number of amides is 1. The number of oxazole rings is 1. The standard InChI is InChI=1S/C18H23N7O2/c1-3-14-16(20-12-27-14)18(26)25-7-4-5-13(9-25)17-22-21-15(23(17)2)10-24-8-6-19-11-24/h6,8,11-13H,3-5,7,9-10H2,1-2H3/t13-/m0/s1. The molecular weight excluding hydrogens is 346 g/mol. The number of likely N-dealkylation sites (tertiary alicyclic amines) is 1. The van der Waals surface area contributed by atoms with Crippen LogP contribution in [0.15, 0.2) is 29.5 Å². The summed E-state index contributed by atoms with van der Waals surface area (Å²) < 4.78 is 9.31. The topological polar surface area (TPSA) is 94.9 Å². The average molecular weight is 369 g/mol. The highest BCUT2D eigenvalue weighted by molar-refractivity contribution is 5.93. The van der Waals surface area contributed by atoms with Gasteiger partial charge in [-0.2, -0.15) is 0 Å². The van der Waals surface area contributed by atoms with Crippen molar-refractivity contribution in [1.82, 2.24) is 34.2 Å². The van der Waals surface area contributed by atoms with Crippen LogP contribution in [0.1, 0.15) is 53.6 Å². The molecule has 4 heterocycles. The molecule has 3 aromatic heterocycles. The smallest absolute Gasteiger partial charge is 0.276 e. The maximum Gasteiger partial charge on any atom is 0.276 e. The normalized spacial score (nSPS) is 17.4. The van der Waals surface area contributed by atoms with Crippen molar-refractivity contribution in [1.29, 1.82) is 0 Å². The molecule has 0 radical (unpaired) electrons. The lowest BCUT2D eigenvalue weighted by atomic mass is 9.96. The summed E-state index contributed by atoms with van der Waals surface area (Å²) in [5.74, 6) is 2.53. The van der Waals surface area contributed by atoms with E-state index in [1.807, 2.05) is 34.2 Å². The summed E-state index contributed by atoms with van der Waals surface area (Å²) in [6.45, 7) is 3.92. The minimum absolute atomic E-state index is 0.0638. The Balaban J connectivity index is 1.50. The third kappa shape index (κ3) is 3.36. The molecule has 0 unspecified atom stereocenters. The van der Waals surface area contributed by atoms with Crippen molar-refractivity contribution >= 4 is 5.91 Å². The number of hydrogen-bond acceptors (Lipinski definition) is 6. The van der Waals surface area contributed by atoms with E-state index in [-0.39, 0.29) is 11.8 Å². The lowest BCUT2D eigenvalue weighted by molar-refractivity contribution is 0.0696. The second-order valence-electron chi connectivity index (χ2n) is 6.84. The van der Waals surface area contributed by atoms with Crippen molar-refractivity contribution in [2.45, 2.75) is 38.6 Å². The second kappa shape index (κ2) is 7.34. The van der Waals surface area contributed by atoms with E-state index >= 15 is 0 Å². The van der Waals surface area contributed by atoms with Gasteiger partial charge in [0.25, 0.3) is 5.91 Å². The van der Waals surface area contributed by atoms with Gasteiger partial charge in [0.1, 0.15) is 11.6 Å². The number of imidazole rings is 1. The Morgan fingerprint density at radius 2 is 2.26 bits per heavy atom. The average Bonchev–Trinajstić information content (AvgIpc) is 3.44. The summed E-state index contributed by atoms with van der Waals surface area (Å²) in [4.78, 5) is 22.9. The number of aromatic nitrogens is 6. The first kappa shape index (κ1) is 17.4. The Kier molecular flexibility index (Phi) is 4.74. The van der Waals surface area contributed by atoms with E-state index in [2.05, 4.69) is 20.2 Å². The highest BCUT2D eigenvalue weighted by atomic mass is 16.3. The lowest BCUT2D eigenvalue weighted by Gasteiger charge is -2.31. The van der Waals surface area contributed by atoms with Gasteiger partial charge in [-0.05, 0) is 12.8 Å². The molecule has 1 amide bonds. The van der Waals surface area contributed by atoms with Gasteiger partial charge < -0.3 is 18.5 Å². The van der Waals surface area contributed by atoms with Crippen LogP contribution in [0, 0.1) is 0 Å². The number of rotatable bonds is 5. The number of nitrogens with zero attached hydrogens (tertiary/aromatic N) is 7. The molecule has 1 aliphatic heterocycles. The molecule has 0 N–H and O–H groups in total. The first-order chi connectivity index (χ1) is 13.2. The molecule has 27 heavy (non-hydrogen) atoms. The molecule has 1 aliphatic rings. The number of carbonyl (C=O) groups excluding carboxylic acids is 1. The number of carbonyl (C=O) groups is 1. The summed E-state index contributed by atoms with van der Waals surface area (Å²) in [5.41, 5.74) is 0.428. The molecule has 0 spiro atoms. The minimum Gasteiger partial charge on any atom is -0.448 e. The Morgan fingerprint density at radius 1 is 1.37 bits per heavy atom. The fraction of sp³-hybridized carbons (Fsp3) is 0.500. The summed E-state index contributed by atoms with van der Waals surface area (Å²) in [6, 6.07) is 0. The van der Waals surface area contributed by atoms with Gasteiger partial charge in [-0.1, -0.05) is 6.92 Å². The minimum atomic E-state index is -0.0638. The van der Waals surface area contributed by atoms with E-state index in [1.165, 1.54) is 6.39 Å². The first-order valence-corrected chi connectivity index (χ1v) is 9.23. The van der Waals surface area contributed by atoms with Gasteiger partial charge in [0, 0.05) is 44.9 Å². The highest BCUT2D eigenvalue weighted by Gasteiger charge is 2.30. The van der Waals surface area contributed by atoms with Crippen LogP contribution in [-0.2, 0) is 20.0 Å². The molecule has 142 valence electrons. The van der Waals surface area contributed by atoms with Crippen LogP contribution >= 0.6 is 0 Å². The van der Waals surface area contributed by atoms with Crippen LogP contribution in [0.5, 0.6) is 0 Å². The molecule has 1 fully saturated rings. The van der Waals surface area contributed by atoms with Crippen LogP contribution in [-0.4, -0.2) is 53.2 Å². The van der Waals surface area contributed by atoms with E-state index in [4.69, 9.17) is 4.42 Å². The lowest BCUT2D eigenvalue weighted by Crippen LogP contribution is -2.40. The van der Waals surface area contributed by atoms with Gasteiger partial charge in [0.15, 0.2) is 17.9 Å². The zero-order valence-corrected chi connectivity index (χ0v) is 15.6. The highest BCUT2D eigenvalue weighted by Crippen LogP contribution is 2.27. The van der Waals surface area contributed by atoms with Crippen molar-refractivity contribution in [3.05, 3.63) is 48.2 Å². The largest absolute Gasteiger partial charge is 0.448 e. The number of aryl methyl sites for hydroxylation is 1. The molecule has 0 aromatic carbocycles. The van der Waals surface area contributed by atoms with Crippen molar-refractivity contribution in [2.75, 3.05) is 13.1 Å². The fourth-order valence-corrected chi connectivity index (χ4v) is 3.63. The fourth-order valence-electron chi connectivity index (χ4n) is 3.63. The van der Waals surface area contributed by atoms with Crippen LogP contribution < -0.4 is 0 Å². The quantitative estimate of drug-likeness (QED) is 0.678. The summed E-state index contributed by atoms with van der Waals surface area (Å²) in [7, 11) is 1.98. The maximum absolute atomic E-state index is 12.9. The van der Waals surface area contributed by atoms with Crippen LogP contribution in [0.25, 0.3) is 0 Å². The molecule has 9 nitrogen and oxygen atoms in total. The zero-order valence-electron chi connectivity index (χ0n) is 15.6. The molecule has 0 bridgehead atoms. The van der Waals surface area contributed by atoms with Crippen LogP contribution in [0.4, 0.5) is 0 Å². The van der Waals surface area contributed by atoms with Gasteiger partial charge in [0.2, 0.25) is 0 Å². The third-order valence-electron chi connectivity index (χ3n) is 5.12. The predicted molar refractivity (Wildman–Crippen MR) is 96.1 cm³/mol. The molecule has 9 heteroatoms. The zero-order chi connectivity index (χ0) is 18.8. The van der Waals surface area contributed by atoms with E-state index in [1.54, 1.807) is 12.5 Å². The Bertz CT molecular complexity index is 912. The molecule has 3 aromatic rings. The Labute approximate surface area is 157 Å². The monoisotopic (exact) mass is 369 g/mol. The molecular formula is C18H23N7O2. The summed E-state index contributed by atoms with van der Waals surface area (Å²) in [5, 5.41) is 8.76. The van der Waals surface area contributed by atoms with E-state index in [0.29, 0.717) is 31.0 Å². The first-order valence-electron chi connectivity index (χ1n) is 9.23.